The van der Waals surface area contributed by atoms with Gasteiger partial charge in [-0.25, -0.2) is 4.98 Å². The lowest BCUT2D eigenvalue weighted by atomic mass is 10.3. The van der Waals surface area contributed by atoms with Crippen LogP contribution in [-0.4, -0.2) is 12.1 Å². The van der Waals surface area contributed by atoms with Gasteiger partial charge in [-0.05, 0) is 44.0 Å². The van der Waals surface area contributed by atoms with Crippen molar-refractivity contribution < 1.29 is 4.74 Å². The minimum atomic E-state index is 0.837. The molecule has 0 spiro atoms. The first-order chi connectivity index (χ1) is 6.22. The Morgan fingerprint density at radius 2 is 2.15 bits per heavy atom. The number of halogens is 2. The third kappa shape index (κ3) is 1.60. The monoisotopic (exact) mass is 321 g/mol. The molecule has 0 aliphatic carbocycles. The summed E-state index contributed by atoms with van der Waals surface area (Å²) in [5.74, 6) is 0.837. The van der Waals surface area contributed by atoms with E-state index in [-0.39, 0.29) is 0 Å². The van der Waals surface area contributed by atoms with Gasteiger partial charge in [-0.15, -0.1) is 11.3 Å². The molecule has 1 aromatic heterocycles. The van der Waals surface area contributed by atoms with E-state index in [1.54, 1.807) is 18.4 Å². The molecule has 2 aromatic rings. The molecule has 13 heavy (non-hydrogen) atoms. The van der Waals surface area contributed by atoms with Gasteiger partial charge in [-0.3, -0.25) is 0 Å². The molecule has 1 aromatic carbocycles. The fourth-order valence-electron chi connectivity index (χ4n) is 1.07. The minimum Gasteiger partial charge on any atom is -0.496 e. The van der Waals surface area contributed by atoms with E-state index in [0.29, 0.717) is 0 Å². The number of fused-ring (bicyclic) bond motifs is 1. The molecule has 0 saturated heterocycles. The zero-order valence-corrected chi connectivity index (χ0v) is 10.7. The number of hydrogen-bond donors (Lipinski definition) is 0. The summed E-state index contributed by atoms with van der Waals surface area (Å²) in [6, 6.07) is 3.85. The number of nitrogens with zero attached hydrogens (tertiary/aromatic N) is 1. The minimum absolute atomic E-state index is 0.837. The Labute approximate surface area is 96.2 Å². The van der Waals surface area contributed by atoms with Crippen LogP contribution in [-0.2, 0) is 0 Å². The summed E-state index contributed by atoms with van der Waals surface area (Å²) >= 11 is 8.42. The molecule has 0 aliphatic heterocycles. The molecule has 2 nitrogen and oxygen atoms in total. The highest BCUT2D eigenvalue weighted by molar-refractivity contribution is 9.11. The predicted octanol–water partition coefficient (Wildman–Crippen LogP) is 3.83. The van der Waals surface area contributed by atoms with E-state index in [1.807, 2.05) is 12.1 Å². The van der Waals surface area contributed by atoms with Crippen molar-refractivity contribution in [1.82, 2.24) is 4.98 Å². The van der Waals surface area contributed by atoms with E-state index in [1.165, 1.54) is 0 Å². The quantitative estimate of drug-likeness (QED) is 0.796. The molecule has 0 atom stereocenters. The van der Waals surface area contributed by atoms with Gasteiger partial charge in [0.2, 0.25) is 0 Å². The molecule has 2 rings (SSSR count). The molecule has 0 N–H and O–H groups in total. The summed E-state index contributed by atoms with van der Waals surface area (Å²) in [4.78, 5) is 4.30. The summed E-state index contributed by atoms with van der Waals surface area (Å²) < 4.78 is 8.14. The lowest BCUT2D eigenvalue weighted by Crippen LogP contribution is -1.83. The van der Waals surface area contributed by atoms with Crippen LogP contribution in [0, 0.1) is 0 Å². The van der Waals surface area contributed by atoms with E-state index in [2.05, 4.69) is 36.8 Å². The van der Waals surface area contributed by atoms with E-state index < -0.39 is 0 Å². The highest BCUT2D eigenvalue weighted by Gasteiger charge is 2.09. The number of ether oxygens (including phenoxy) is 1. The number of rotatable bonds is 1. The molecule has 0 fully saturated rings. The van der Waals surface area contributed by atoms with Crippen molar-refractivity contribution in [3.8, 4) is 5.75 Å². The number of benzene rings is 1. The topological polar surface area (TPSA) is 22.1 Å². The first-order valence-electron chi connectivity index (χ1n) is 3.51. The van der Waals surface area contributed by atoms with Gasteiger partial charge in [-0.2, -0.15) is 0 Å². The van der Waals surface area contributed by atoms with Gasteiger partial charge < -0.3 is 4.74 Å². The zero-order chi connectivity index (χ0) is 9.42. The fraction of sp³-hybridized carbons (Fsp3) is 0.125. The normalized spacial score (nSPS) is 10.7. The van der Waals surface area contributed by atoms with Gasteiger partial charge in [0.25, 0.3) is 0 Å². The summed E-state index contributed by atoms with van der Waals surface area (Å²) in [5, 5.41) is 0. The van der Waals surface area contributed by atoms with Crippen LogP contribution >= 0.6 is 43.2 Å². The van der Waals surface area contributed by atoms with Crippen molar-refractivity contribution in [3.05, 3.63) is 20.5 Å². The molecule has 68 valence electrons. The molecule has 0 radical (unpaired) electrons. The van der Waals surface area contributed by atoms with E-state index >= 15 is 0 Å². The summed E-state index contributed by atoms with van der Waals surface area (Å²) in [6.45, 7) is 0. The van der Waals surface area contributed by atoms with E-state index in [9.17, 15) is 0 Å². The van der Waals surface area contributed by atoms with E-state index in [4.69, 9.17) is 4.74 Å². The first kappa shape index (κ1) is 9.43. The van der Waals surface area contributed by atoms with Gasteiger partial charge in [0, 0.05) is 0 Å². The van der Waals surface area contributed by atoms with Crippen molar-refractivity contribution in [1.29, 1.82) is 0 Å². The molecule has 0 aliphatic rings. The Kier molecular flexibility index (Phi) is 2.58. The number of aromatic nitrogens is 1. The second-order valence-electron chi connectivity index (χ2n) is 2.40. The molecule has 0 amide bonds. The van der Waals surface area contributed by atoms with Gasteiger partial charge >= 0.3 is 0 Å². The first-order valence-corrected chi connectivity index (χ1v) is 5.91. The van der Waals surface area contributed by atoms with Gasteiger partial charge in [0.05, 0.1) is 21.8 Å². The molecule has 1 heterocycles. The smallest absolute Gasteiger partial charge is 0.160 e. The maximum atomic E-state index is 5.18. The maximum Gasteiger partial charge on any atom is 0.160 e. The Morgan fingerprint density at radius 1 is 1.38 bits per heavy atom. The third-order valence-corrected chi connectivity index (χ3v) is 4.25. The van der Waals surface area contributed by atoms with Crippen LogP contribution < -0.4 is 4.74 Å². The lowest BCUT2D eigenvalue weighted by molar-refractivity contribution is 0.413. The Balaban J connectivity index is 2.78. The van der Waals surface area contributed by atoms with Crippen molar-refractivity contribution in [2.45, 2.75) is 0 Å². The summed E-state index contributed by atoms with van der Waals surface area (Å²) in [6.07, 6.45) is 0. The molecule has 0 unspecified atom stereocenters. The van der Waals surface area contributed by atoms with Crippen molar-refractivity contribution >= 4 is 53.4 Å². The molecule has 0 bridgehead atoms. The predicted molar refractivity (Wildman–Crippen MR) is 61.6 cm³/mol. The van der Waals surface area contributed by atoms with Gasteiger partial charge in [0.1, 0.15) is 5.75 Å². The second kappa shape index (κ2) is 3.55. The second-order valence-corrected chi connectivity index (χ2v) is 5.46. The standard InChI is InChI=1S/C8H5Br2NOS/c1-12-5-3-2-4-7(6(5)9)13-8(10)11-4/h2-3H,1H3. The van der Waals surface area contributed by atoms with Crippen molar-refractivity contribution in [2.24, 2.45) is 0 Å². The highest BCUT2D eigenvalue weighted by atomic mass is 79.9. The van der Waals surface area contributed by atoms with Crippen LogP contribution in [0.15, 0.2) is 20.5 Å². The van der Waals surface area contributed by atoms with Crippen molar-refractivity contribution in [3.63, 3.8) is 0 Å². The maximum absolute atomic E-state index is 5.18. The van der Waals surface area contributed by atoms with Gasteiger partial charge in [-0.1, -0.05) is 0 Å². The van der Waals surface area contributed by atoms with Crippen LogP contribution in [0.1, 0.15) is 0 Å². The summed E-state index contributed by atoms with van der Waals surface area (Å²) in [7, 11) is 1.65. The van der Waals surface area contributed by atoms with Crippen molar-refractivity contribution in [2.75, 3.05) is 7.11 Å². The van der Waals surface area contributed by atoms with Crippen LogP contribution in [0.4, 0.5) is 0 Å². The van der Waals surface area contributed by atoms with Gasteiger partial charge in [0.15, 0.2) is 3.92 Å². The largest absolute Gasteiger partial charge is 0.496 e. The highest BCUT2D eigenvalue weighted by Crippen LogP contribution is 2.37. The number of methoxy groups -OCH3 is 1. The number of thiazole rings is 1. The van der Waals surface area contributed by atoms with Crippen LogP contribution in [0.3, 0.4) is 0 Å². The number of hydrogen-bond acceptors (Lipinski definition) is 3. The lowest BCUT2D eigenvalue weighted by Gasteiger charge is -2.01. The SMILES string of the molecule is COc1ccc2nc(Br)sc2c1Br. The molecular formula is C8H5Br2NOS. The molecule has 0 saturated carbocycles. The average molecular weight is 323 g/mol. The Bertz CT molecular complexity index is 455. The Morgan fingerprint density at radius 3 is 2.85 bits per heavy atom. The van der Waals surface area contributed by atoms with E-state index in [0.717, 1.165) is 24.4 Å². The fourth-order valence-corrected chi connectivity index (χ4v) is 3.21. The molecule has 5 heteroatoms. The summed E-state index contributed by atoms with van der Waals surface area (Å²) in [5.41, 5.74) is 0.976. The molecular weight excluding hydrogens is 318 g/mol. The van der Waals surface area contributed by atoms with Crippen LogP contribution in [0.2, 0.25) is 0 Å². The zero-order valence-electron chi connectivity index (χ0n) is 6.67. The van der Waals surface area contributed by atoms with Crippen LogP contribution in [0.25, 0.3) is 10.2 Å². The van der Waals surface area contributed by atoms with Crippen LogP contribution in [0.5, 0.6) is 5.75 Å². The average Bonchev–Trinajstić information content (AvgIpc) is 2.47. The Hall–Kier alpha value is -0.130. The third-order valence-electron chi connectivity index (χ3n) is 1.66.